The van der Waals surface area contributed by atoms with Gasteiger partial charge in [-0.25, -0.2) is 5.32 Å². The van der Waals surface area contributed by atoms with E-state index in [0.29, 0.717) is 6.10 Å². The summed E-state index contributed by atoms with van der Waals surface area (Å²) in [5, 5.41) is 4.20. The van der Waals surface area contributed by atoms with Crippen molar-refractivity contribution < 1.29 is 4.74 Å². The molecule has 2 heteroatoms. The van der Waals surface area contributed by atoms with Crippen molar-refractivity contribution >= 4 is 0 Å². The summed E-state index contributed by atoms with van der Waals surface area (Å²) < 4.78 is 5.33. The molecule has 2 nitrogen and oxygen atoms in total. The Kier molecular flexibility index (Phi) is 2.30. The van der Waals surface area contributed by atoms with Gasteiger partial charge in [0.1, 0.15) is 0 Å². The Morgan fingerprint density at radius 3 is 3.00 bits per heavy atom. The average Bonchev–Trinajstić information content (AvgIpc) is 1.90. The van der Waals surface area contributed by atoms with Crippen LogP contribution in [-0.2, 0) is 4.74 Å². The van der Waals surface area contributed by atoms with E-state index in [1.807, 2.05) is 0 Å². The Labute approximate surface area is 50.2 Å². The molecule has 1 fully saturated rings. The van der Waals surface area contributed by atoms with Crippen molar-refractivity contribution in [3.63, 3.8) is 0 Å². The monoisotopic (exact) mass is 114 g/mol. The first-order chi connectivity index (χ1) is 3.93. The van der Waals surface area contributed by atoms with Crippen LogP contribution < -0.4 is 5.32 Å². The van der Waals surface area contributed by atoms with E-state index >= 15 is 0 Å². The van der Waals surface area contributed by atoms with Gasteiger partial charge >= 0.3 is 0 Å². The predicted octanol–water partition coefficient (Wildman–Crippen LogP) is 0.400. The molecule has 1 atom stereocenters. The molecular formula is C6H12NO. The topological polar surface area (TPSA) is 23.3 Å². The molecule has 1 aliphatic rings. The van der Waals surface area contributed by atoms with Crippen molar-refractivity contribution in [3.05, 3.63) is 0 Å². The van der Waals surface area contributed by atoms with Crippen molar-refractivity contribution in [3.8, 4) is 0 Å². The summed E-state index contributed by atoms with van der Waals surface area (Å²) in [4.78, 5) is 0. The Morgan fingerprint density at radius 2 is 2.62 bits per heavy atom. The lowest BCUT2D eigenvalue weighted by molar-refractivity contribution is 0.0251. The van der Waals surface area contributed by atoms with Gasteiger partial charge < -0.3 is 4.74 Å². The molecule has 0 aromatic heterocycles. The van der Waals surface area contributed by atoms with Crippen molar-refractivity contribution in [2.24, 2.45) is 0 Å². The van der Waals surface area contributed by atoms with Crippen molar-refractivity contribution in [2.75, 3.05) is 19.7 Å². The van der Waals surface area contributed by atoms with Crippen LogP contribution in [0.1, 0.15) is 13.3 Å². The fraction of sp³-hybridized carbons (Fsp3) is 1.00. The molecule has 0 saturated carbocycles. The molecule has 0 N–H and O–H groups in total. The molecule has 0 spiro atoms. The average molecular weight is 114 g/mol. The summed E-state index contributed by atoms with van der Waals surface area (Å²) >= 11 is 0. The van der Waals surface area contributed by atoms with Gasteiger partial charge in [0.25, 0.3) is 0 Å². The van der Waals surface area contributed by atoms with Gasteiger partial charge in [0.2, 0.25) is 0 Å². The van der Waals surface area contributed by atoms with Gasteiger partial charge in [0, 0.05) is 13.1 Å². The predicted molar refractivity (Wildman–Crippen MR) is 31.9 cm³/mol. The highest BCUT2D eigenvalue weighted by atomic mass is 16.5. The summed E-state index contributed by atoms with van der Waals surface area (Å²) in [6, 6.07) is 0. The van der Waals surface area contributed by atoms with Crippen LogP contribution in [0.25, 0.3) is 0 Å². The van der Waals surface area contributed by atoms with E-state index in [1.165, 1.54) is 0 Å². The quantitative estimate of drug-likeness (QED) is 0.484. The molecule has 0 aliphatic carbocycles. The van der Waals surface area contributed by atoms with Gasteiger partial charge in [-0.15, -0.1) is 0 Å². The molecule has 0 bridgehead atoms. The third-order valence-corrected chi connectivity index (χ3v) is 1.39. The van der Waals surface area contributed by atoms with Gasteiger partial charge in [-0.05, 0) is 6.42 Å². The van der Waals surface area contributed by atoms with Crippen LogP contribution in [0, 0.1) is 0 Å². The molecule has 1 aliphatic heterocycles. The van der Waals surface area contributed by atoms with Crippen molar-refractivity contribution in [2.45, 2.75) is 19.4 Å². The molecule has 1 heterocycles. The molecule has 0 aromatic carbocycles. The van der Waals surface area contributed by atoms with Crippen LogP contribution in [0.2, 0.25) is 0 Å². The summed E-state index contributed by atoms with van der Waals surface area (Å²) in [7, 11) is 0. The van der Waals surface area contributed by atoms with Gasteiger partial charge in [0.05, 0.1) is 12.7 Å². The highest BCUT2D eigenvalue weighted by Crippen LogP contribution is 1.99. The van der Waals surface area contributed by atoms with E-state index < -0.39 is 0 Å². The largest absolute Gasteiger partial charge is 0.375 e. The van der Waals surface area contributed by atoms with Gasteiger partial charge in [-0.3, -0.25) is 0 Å². The van der Waals surface area contributed by atoms with Crippen molar-refractivity contribution in [1.29, 1.82) is 0 Å². The summed E-state index contributed by atoms with van der Waals surface area (Å²) in [5.74, 6) is 0. The Morgan fingerprint density at radius 1 is 1.75 bits per heavy atom. The molecule has 1 rings (SSSR count). The first kappa shape index (κ1) is 6.05. The van der Waals surface area contributed by atoms with E-state index in [1.54, 1.807) is 0 Å². The van der Waals surface area contributed by atoms with Crippen LogP contribution in [0.5, 0.6) is 0 Å². The molecule has 0 aromatic rings. The van der Waals surface area contributed by atoms with E-state index in [4.69, 9.17) is 4.74 Å². The number of hydrogen-bond acceptors (Lipinski definition) is 1. The van der Waals surface area contributed by atoms with Gasteiger partial charge in [-0.2, -0.15) is 0 Å². The minimum Gasteiger partial charge on any atom is -0.375 e. The number of hydrogen-bond donors (Lipinski definition) is 0. The highest BCUT2D eigenvalue weighted by Gasteiger charge is 2.10. The second kappa shape index (κ2) is 3.05. The first-order valence-electron chi connectivity index (χ1n) is 3.18. The minimum absolute atomic E-state index is 0.420. The third kappa shape index (κ3) is 1.46. The van der Waals surface area contributed by atoms with E-state index in [0.717, 1.165) is 26.1 Å². The van der Waals surface area contributed by atoms with Crippen LogP contribution >= 0.6 is 0 Å². The zero-order valence-electron chi connectivity index (χ0n) is 5.26. The maximum atomic E-state index is 5.33. The van der Waals surface area contributed by atoms with Crippen LogP contribution in [0.15, 0.2) is 0 Å². The fourth-order valence-corrected chi connectivity index (χ4v) is 0.819. The third-order valence-electron chi connectivity index (χ3n) is 1.39. The Balaban J connectivity index is 2.13. The SMILES string of the molecule is CCC1C[N]CCO1. The minimum atomic E-state index is 0.420. The zero-order valence-corrected chi connectivity index (χ0v) is 5.26. The lowest BCUT2D eigenvalue weighted by Crippen LogP contribution is -2.33. The summed E-state index contributed by atoms with van der Waals surface area (Å²) in [6.07, 6.45) is 1.52. The molecule has 0 amide bonds. The first-order valence-corrected chi connectivity index (χ1v) is 3.18. The maximum absolute atomic E-state index is 5.33. The number of rotatable bonds is 1. The number of morpholine rings is 1. The normalized spacial score (nSPS) is 30.4. The molecule has 1 radical (unpaired) electrons. The lowest BCUT2D eigenvalue weighted by Gasteiger charge is -2.20. The van der Waals surface area contributed by atoms with Crippen LogP contribution in [0.3, 0.4) is 0 Å². The standard InChI is InChI=1S/C6H12NO/c1-2-6-5-7-3-4-8-6/h6H,2-5H2,1H3. The van der Waals surface area contributed by atoms with Crippen LogP contribution in [-0.4, -0.2) is 25.8 Å². The van der Waals surface area contributed by atoms with Crippen LogP contribution in [0.4, 0.5) is 0 Å². The molecule has 8 heavy (non-hydrogen) atoms. The molecule has 1 saturated heterocycles. The zero-order chi connectivity index (χ0) is 5.82. The van der Waals surface area contributed by atoms with Gasteiger partial charge in [-0.1, -0.05) is 6.92 Å². The molecule has 47 valence electrons. The van der Waals surface area contributed by atoms with Crippen molar-refractivity contribution in [1.82, 2.24) is 5.32 Å². The molecular weight excluding hydrogens is 102 g/mol. The smallest absolute Gasteiger partial charge is 0.0714 e. The highest BCUT2D eigenvalue weighted by molar-refractivity contribution is 4.63. The van der Waals surface area contributed by atoms with Gasteiger partial charge in [0.15, 0.2) is 0 Å². The van der Waals surface area contributed by atoms with E-state index in [2.05, 4.69) is 12.2 Å². The van der Waals surface area contributed by atoms with E-state index in [-0.39, 0.29) is 0 Å². The number of nitrogens with zero attached hydrogens (tertiary/aromatic N) is 1. The fourth-order valence-electron chi connectivity index (χ4n) is 0.819. The van der Waals surface area contributed by atoms with E-state index in [9.17, 15) is 0 Å². The number of ether oxygens (including phenoxy) is 1. The Bertz CT molecular complexity index is 59.5. The summed E-state index contributed by atoms with van der Waals surface area (Å²) in [5.41, 5.74) is 0. The summed E-state index contributed by atoms with van der Waals surface area (Å²) in [6.45, 7) is 4.77. The molecule has 1 unspecified atom stereocenters. The lowest BCUT2D eigenvalue weighted by atomic mass is 10.2. The maximum Gasteiger partial charge on any atom is 0.0714 e. The second-order valence-electron chi connectivity index (χ2n) is 2.03. The Hall–Kier alpha value is -0.0800. The second-order valence-corrected chi connectivity index (χ2v) is 2.03.